The maximum atomic E-state index is 11.7. The lowest BCUT2D eigenvalue weighted by Gasteiger charge is -2.49. The first-order valence-electron chi connectivity index (χ1n) is 28.8. The first kappa shape index (κ1) is 65.2. The van der Waals surface area contributed by atoms with Gasteiger partial charge in [-0.15, -0.1) is 0 Å². The van der Waals surface area contributed by atoms with Gasteiger partial charge in [0.25, 0.3) is 0 Å². The highest BCUT2D eigenvalue weighted by Gasteiger charge is 2.63. The van der Waals surface area contributed by atoms with Crippen molar-refractivity contribution in [3.05, 3.63) is 0 Å². The third kappa shape index (κ3) is 16.7. The molecule has 0 spiro atoms. The molecule has 0 radical (unpaired) electrons. The molecule has 0 aromatic heterocycles. The van der Waals surface area contributed by atoms with E-state index in [1.165, 1.54) is 51.4 Å². The first-order valence-corrected chi connectivity index (χ1v) is 28.8. The lowest BCUT2D eigenvalue weighted by molar-refractivity contribution is -0.378. The van der Waals surface area contributed by atoms with Gasteiger partial charge in [0, 0.05) is 13.2 Å². The van der Waals surface area contributed by atoms with Crippen LogP contribution in [0.1, 0.15) is 123 Å². The molecule has 6 aliphatic rings. The van der Waals surface area contributed by atoms with E-state index in [2.05, 4.69) is 13.8 Å². The van der Waals surface area contributed by atoms with Gasteiger partial charge in [0.05, 0.1) is 51.8 Å². The molecule has 452 valence electrons. The maximum Gasteiger partial charge on any atom is 0.187 e. The molecule has 24 nitrogen and oxygen atoms in total. The number of hydrogen-bond donors (Lipinski definition) is 14. The summed E-state index contributed by atoms with van der Waals surface area (Å²) in [5, 5.41) is 150. The van der Waals surface area contributed by atoms with Crippen molar-refractivity contribution < 1.29 is 119 Å². The van der Waals surface area contributed by atoms with Crippen LogP contribution >= 0.6 is 0 Å². The van der Waals surface area contributed by atoms with Gasteiger partial charge in [-0.1, -0.05) is 104 Å². The van der Waals surface area contributed by atoms with Gasteiger partial charge in [-0.25, -0.2) is 0 Å². The second-order valence-corrected chi connectivity index (χ2v) is 22.2. The van der Waals surface area contributed by atoms with Gasteiger partial charge in [0.15, 0.2) is 25.2 Å². The van der Waals surface area contributed by atoms with E-state index in [0.717, 1.165) is 51.4 Å². The van der Waals surface area contributed by atoms with Crippen LogP contribution in [-0.4, -0.2) is 259 Å². The summed E-state index contributed by atoms with van der Waals surface area (Å²) in [5.74, 6) is -1.21. The predicted octanol–water partition coefficient (Wildman–Crippen LogP) is -1.80. The Morgan fingerprint density at radius 3 is 0.935 bits per heavy atom. The molecule has 6 rings (SSSR count). The average molecular weight is 1120 g/mol. The van der Waals surface area contributed by atoms with Gasteiger partial charge in [0.1, 0.15) is 97.7 Å². The van der Waals surface area contributed by atoms with Gasteiger partial charge in [-0.3, -0.25) is 0 Å². The lowest BCUT2D eigenvalue weighted by atomic mass is 9.76. The molecule has 0 aromatic rings. The Bertz CT molecular complexity index is 1490. The van der Waals surface area contributed by atoms with Crippen LogP contribution < -0.4 is 0 Å². The monoisotopic (exact) mass is 1120 g/mol. The van der Waals surface area contributed by atoms with Gasteiger partial charge in [-0.05, 0) is 42.9 Å². The number of rotatable bonds is 34. The van der Waals surface area contributed by atoms with Gasteiger partial charge in [-0.2, -0.15) is 0 Å². The highest BCUT2D eigenvalue weighted by Crippen LogP contribution is 2.56. The largest absolute Gasteiger partial charge is 0.394 e. The Morgan fingerprint density at radius 1 is 0.325 bits per heavy atom. The summed E-state index contributed by atoms with van der Waals surface area (Å²) in [6.45, 7) is 2.87. The Kier molecular flexibility index (Phi) is 27.7. The minimum absolute atomic E-state index is 0.205. The Morgan fingerprint density at radius 2 is 0.610 bits per heavy atom. The van der Waals surface area contributed by atoms with E-state index < -0.39 is 173 Å². The van der Waals surface area contributed by atoms with Crippen molar-refractivity contribution >= 4 is 0 Å². The summed E-state index contributed by atoms with van der Waals surface area (Å²) in [5.41, 5.74) is 0. The molecule has 12 unspecified atom stereocenters. The lowest BCUT2D eigenvalue weighted by Crippen LogP contribution is -2.66. The molecule has 26 atom stereocenters. The zero-order valence-electron chi connectivity index (χ0n) is 45.0. The van der Waals surface area contributed by atoms with Crippen LogP contribution in [0.2, 0.25) is 0 Å². The zero-order chi connectivity index (χ0) is 55.8. The molecular formula is C53H96O24. The molecule has 4 saturated heterocycles. The van der Waals surface area contributed by atoms with Gasteiger partial charge >= 0.3 is 0 Å². The van der Waals surface area contributed by atoms with Crippen LogP contribution in [0.4, 0.5) is 0 Å². The van der Waals surface area contributed by atoms with Crippen LogP contribution in [0.25, 0.3) is 0 Å². The minimum atomic E-state index is -1.90. The van der Waals surface area contributed by atoms with Crippen molar-refractivity contribution in [3.63, 3.8) is 0 Å². The van der Waals surface area contributed by atoms with Crippen molar-refractivity contribution in [1.29, 1.82) is 0 Å². The highest BCUT2D eigenvalue weighted by atomic mass is 16.8. The summed E-state index contributed by atoms with van der Waals surface area (Å²) in [4.78, 5) is 0. The summed E-state index contributed by atoms with van der Waals surface area (Å²) in [7, 11) is 0. The third-order valence-corrected chi connectivity index (χ3v) is 16.8. The fraction of sp³-hybridized carbons (Fsp3) is 1.00. The molecule has 77 heavy (non-hydrogen) atoms. The van der Waals surface area contributed by atoms with E-state index in [1.807, 2.05) is 0 Å². The number of unbranched alkanes of at least 4 members (excludes halogenated alkanes) is 14. The molecule has 2 bridgehead atoms. The molecule has 0 amide bonds. The van der Waals surface area contributed by atoms with E-state index in [-0.39, 0.29) is 11.8 Å². The van der Waals surface area contributed by atoms with Crippen LogP contribution in [0.3, 0.4) is 0 Å². The molecule has 14 N–H and O–H groups in total. The maximum absolute atomic E-state index is 11.7. The quantitative estimate of drug-likeness (QED) is 0.0316. The predicted molar refractivity (Wildman–Crippen MR) is 268 cm³/mol. The van der Waals surface area contributed by atoms with Crippen molar-refractivity contribution in [2.75, 3.05) is 52.9 Å². The van der Waals surface area contributed by atoms with Gasteiger partial charge in [0.2, 0.25) is 0 Å². The normalized spacial score (nSPS) is 43.3. The number of hydrogen-bond acceptors (Lipinski definition) is 24. The minimum Gasteiger partial charge on any atom is -0.394 e. The van der Waals surface area contributed by atoms with E-state index in [4.69, 9.17) is 47.4 Å². The molecule has 6 fully saturated rings. The van der Waals surface area contributed by atoms with E-state index in [9.17, 15) is 71.5 Å². The molecule has 2 saturated carbocycles. The fourth-order valence-corrected chi connectivity index (χ4v) is 12.2. The zero-order valence-corrected chi connectivity index (χ0v) is 45.0. The second kappa shape index (κ2) is 32.8. The summed E-state index contributed by atoms with van der Waals surface area (Å²) in [6, 6.07) is 0. The number of aliphatic hydroxyl groups excluding tert-OH is 14. The van der Waals surface area contributed by atoms with E-state index in [0.29, 0.717) is 32.8 Å². The standard InChI is InChI=1S/C53H96O24/c1-3-5-7-9-11-13-15-17-19-68-26-30-28-21-29(31(30)27-69-20-18-16-14-12-10-8-6-4-2)47(75-53-45(67)41(63)49(35(25-57)73-53)77-51-43(65)39(61)37(59)33(23-55)71-51)46(28)74-52-44(66)40(62)48(34(24-56)72-52)76-50-42(64)38(60)36(58)32(22-54)70-50/h28-67H,3-27H2,1-2H3/t28-,29?,30?,31?,32?,33?,34?,35?,36+,37+,38-,39-,40+,41+,42?,43?,44?,45?,46+,47?,48+,49+,50+,51+,52-,53-/m0/s1. The molecule has 2 aliphatic carbocycles. The van der Waals surface area contributed by atoms with E-state index >= 15 is 0 Å². The Balaban J connectivity index is 1.21. The first-order chi connectivity index (χ1) is 37.1. The summed E-state index contributed by atoms with van der Waals surface area (Å²) in [6.07, 6.45) is -17.7. The molecule has 4 aliphatic heterocycles. The highest BCUT2D eigenvalue weighted by molar-refractivity contribution is 5.09. The SMILES string of the molecule is CCCCCCCCCCOCC1C2C[C@@H](C1COCCCCCCCCCC)[C@@H](O[C@@H]1OC(CO)[C@@H](O[C@H]3OC(CO)[C@@H](O)[C@H](O)C3O)[C@H](O)C1O)C2O[C@@H]1OC(CO)[C@@H](O[C@H]2OC(CO)[C@@H](O)[C@H](O)C2O)[C@H](O)C1O. The topological polar surface area (TPSA) is 376 Å². The molecular weight excluding hydrogens is 1020 g/mol. The van der Waals surface area contributed by atoms with Crippen molar-refractivity contribution in [2.45, 2.75) is 258 Å². The Labute approximate surface area is 452 Å². The number of aliphatic hydroxyl groups is 14. The van der Waals surface area contributed by atoms with Crippen molar-refractivity contribution in [2.24, 2.45) is 23.7 Å². The van der Waals surface area contributed by atoms with Crippen molar-refractivity contribution in [3.8, 4) is 0 Å². The average Bonchev–Trinajstić information content (AvgIpc) is 4.04. The summed E-state index contributed by atoms with van der Waals surface area (Å²) >= 11 is 0. The van der Waals surface area contributed by atoms with Gasteiger partial charge < -0.3 is 119 Å². The van der Waals surface area contributed by atoms with Crippen LogP contribution in [0, 0.1) is 23.7 Å². The Hall–Kier alpha value is -0.960. The third-order valence-electron chi connectivity index (χ3n) is 16.8. The fourth-order valence-electron chi connectivity index (χ4n) is 12.2. The molecule has 24 heteroatoms. The van der Waals surface area contributed by atoms with Crippen LogP contribution in [-0.2, 0) is 47.4 Å². The van der Waals surface area contributed by atoms with Crippen LogP contribution in [0.15, 0.2) is 0 Å². The second-order valence-electron chi connectivity index (χ2n) is 22.2. The smallest absolute Gasteiger partial charge is 0.187 e. The van der Waals surface area contributed by atoms with Crippen LogP contribution in [0.5, 0.6) is 0 Å². The number of fused-ring (bicyclic) bond motifs is 2. The van der Waals surface area contributed by atoms with E-state index in [1.54, 1.807) is 0 Å². The number of ether oxygens (including phenoxy) is 10. The van der Waals surface area contributed by atoms with Crippen molar-refractivity contribution in [1.82, 2.24) is 0 Å². The summed E-state index contributed by atoms with van der Waals surface area (Å²) < 4.78 is 60.9. The molecule has 4 heterocycles. The molecule has 0 aromatic carbocycles.